The number of hydrogen-bond donors (Lipinski definition) is 0. The van der Waals surface area contributed by atoms with Crippen molar-refractivity contribution in [2.24, 2.45) is 4.99 Å². The van der Waals surface area contributed by atoms with E-state index in [1.54, 1.807) is 44.2 Å². The number of esters is 1. The average Bonchev–Trinajstić information content (AvgIpc) is 3.14. The number of aromatic nitrogens is 1. The van der Waals surface area contributed by atoms with Crippen LogP contribution < -0.4 is 24.4 Å². The second-order valence-corrected chi connectivity index (χ2v) is 9.67. The summed E-state index contributed by atoms with van der Waals surface area (Å²) in [6.45, 7) is 5.91. The fourth-order valence-electron chi connectivity index (χ4n) is 3.98. The number of methoxy groups -OCH3 is 1. The Morgan fingerprint density at radius 2 is 1.92 bits per heavy atom. The monoisotopic (exact) mass is 574 g/mol. The Labute approximate surface area is 219 Å². The predicted molar refractivity (Wildman–Crippen MR) is 139 cm³/mol. The number of ether oxygens (including phenoxy) is 3. The summed E-state index contributed by atoms with van der Waals surface area (Å²) in [5.74, 6) is 0.0630. The molecule has 1 atom stereocenters. The number of benzene rings is 2. The minimum absolute atomic E-state index is 0.172. The van der Waals surface area contributed by atoms with Gasteiger partial charge in [0.15, 0.2) is 16.3 Å². The molecule has 4 rings (SSSR count). The summed E-state index contributed by atoms with van der Waals surface area (Å²) in [4.78, 5) is 31.8. The Hall–Kier alpha value is -3.24. The third-order valence-corrected chi connectivity index (χ3v) is 7.23. The molecular formula is C26H24BrFN2O5S. The molecule has 7 nitrogen and oxygen atoms in total. The number of rotatable bonds is 7. The number of thiazole rings is 1. The number of allylic oxidation sites excluding steroid dienone is 1. The van der Waals surface area contributed by atoms with Gasteiger partial charge in [-0.05, 0) is 62.2 Å². The highest BCUT2D eigenvalue weighted by Crippen LogP contribution is 2.41. The van der Waals surface area contributed by atoms with Gasteiger partial charge in [0, 0.05) is 4.47 Å². The van der Waals surface area contributed by atoms with Gasteiger partial charge in [0.05, 0.1) is 42.2 Å². The van der Waals surface area contributed by atoms with Crippen molar-refractivity contribution in [3.8, 4) is 11.5 Å². The SMILES string of the molecule is CCOC(=O)C1=C(C)N=c2s/c(=C/c3ccc(F)cc3)c(=O)n2[C@@H]1c1cc(OC)c(OCC)cc1Br. The van der Waals surface area contributed by atoms with E-state index in [1.807, 2.05) is 6.92 Å². The highest BCUT2D eigenvalue weighted by molar-refractivity contribution is 9.10. The van der Waals surface area contributed by atoms with Crippen molar-refractivity contribution in [2.75, 3.05) is 20.3 Å². The molecule has 3 aromatic rings. The van der Waals surface area contributed by atoms with Gasteiger partial charge in [-0.2, -0.15) is 0 Å². The van der Waals surface area contributed by atoms with Crippen LogP contribution in [-0.4, -0.2) is 30.9 Å². The molecule has 0 radical (unpaired) electrons. The lowest BCUT2D eigenvalue weighted by molar-refractivity contribution is -0.139. The molecule has 1 aliphatic heterocycles. The zero-order valence-corrected chi connectivity index (χ0v) is 22.5. The van der Waals surface area contributed by atoms with Crippen LogP contribution in [0.3, 0.4) is 0 Å². The van der Waals surface area contributed by atoms with Crippen LogP contribution in [0.25, 0.3) is 6.08 Å². The maximum atomic E-state index is 13.7. The Morgan fingerprint density at radius 3 is 2.56 bits per heavy atom. The van der Waals surface area contributed by atoms with Gasteiger partial charge in [0.1, 0.15) is 5.82 Å². The van der Waals surface area contributed by atoms with Crippen molar-refractivity contribution in [2.45, 2.75) is 26.8 Å². The first-order chi connectivity index (χ1) is 17.3. The molecule has 1 aromatic heterocycles. The minimum Gasteiger partial charge on any atom is -0.493 e. The van der Waals surface area contributed by atoms with Gasteiger partial charge in [-0.25, -0.2) is 14.2 Å². The van der Waals surface area contributed by atoms with Gasteiger partial charge in [-0.15, -0.1) is 0 Å². The Kier molecular flexibility index (Phi) is 7.75. The van der Waals surface area contributed by atoms with Gasteiger partial charge in [0.25, 0.3) is 5.56 Å². The lowest BCUT2D eigenvalue weighted by Gasteiger charge is -2.26. The van der Waals surface area contributed by atoms with Gasteiger partial charge < -0.3 is 14.2 Å². The van der Waals surface area contributed by atoms with Gasteiger partial charge in [0.2, 0.25) is 0 Å². The van der Waals surface area contributed by atoms with Gasteiger partial charge in [-0.3, -0.25) is 9.36 Å². The minimum atomic E-state index is -0.824. The summed E-state index contributed by atoms with van der Waals surface area (Å²) in [7, 11) is 1.52. The van der Waals surface area contributed by atoms with Crippen LogP contribution in [0.15, 0.2) is 61.9 Å². The molecule has 0 fully saturated rings. The largest absolute Gasteiger partial charge is 0.493 e. The molecule has 0 unspecified atom stereocenters. The summed E-state index contributed by atoms with van der Waals surface area (Å²) in [6.07, 6.45) is 1.68. The number of carbonyl (C=O) groups is 1. The van der Waals surface area contributed by atoms with E-state index in [9.17, 15) is 14.0 Å². The van der Waals surface area contributed by atoms with E-state index in [4.69, 9.17) is 14.2 Å². The van der Waals surface area contributed by atoms with E-state index in [1.165, 1.54) is 35.1 Å². The molecule has 36 heavy (non-hydrogen) atoms. The van der Waals surface area contributed by atoms with E-state index in [2.05, 4.69) is 20.9 Å². The van der Waals surface area contributed by atoms with Crippen molar-refractivity contribution in [3.05, 3.63) is 88.8 Å². The van der Waals surface area contributed by atoms with Crippen LogP contribution in [0.2, 0.25) is 0 Å². The van der Waals surface area contributed by atoms with Crippen LogP contribution in [0.4, 0.5) is 4.39 Å². The number of carbonyl (C=O) groups excluding carboxylic acids is 1. The Morgan fingerprint density at radius 1 is 1.19 bits per heavy atom. The molecule has 10 heteroatoms. The number of nitrogens with zero attached hydrogens (tertiary/aromatic N) is 2. The first-order valence-corrected chi connectivity index (χ1v) is 12.8. The van der Waals surface area contributed by atoms with Crippen molar-refractivity contribution in [1.29, 1.82) is 0 Å². The van der Waals surface area contributed by atoms with Crippen molar-refractivity contribution < 1.29 is 23.4 Å². The fourth-order valence-corrected chi connectivity index (χ4v) is 5.57. The molecule has 2 aromatic carbocycles. The maximum absolute atomic E-state index is 13.7. The zero-order valence-electron chi connectivity index (χ0n) is 20.1. The van der Waals surface area contributed by atoms with Gasteiger partial charge in [-0.1, -0.05) is 39.4 Å². The smallest absolute Gasteiger partial charge is 0.338 e. The van der Waals surface area contributed by atoms with E-state index in [0.717, 1.165) is 0 Å². The molecular weight excluding hydrogens is 551 g/mol. The predicted octanol–water partition coefficient (Wildman–Crippen LogP) is 4.11. The zero-order chi connectivity index (χ0) is 26.0. The lowest BCUT2D eigenvalue weighted by atomic mass is 9.95. The molecule has 188 valence electrons. The third-order valence-electron chi connectivity index (χ3n) is 5.56. The lowest BCUT2D eigenvalue weighted by Crippen LogP contribution is -2.40. The van der Waals surface area contributed by atoms with Crippen molar-refractivity contribution in [3.63, 3.8) is 0 Å². The molecule has 0 N–H and O–H groups in total. The van der Waals surface area contributed by atoms with Crippen molar-refractivity contribution in [1.82, 2.24) is 4.57 Å². The van der Waals surface area contributed by atoms with Crippen molar-refractivity contribution >= 4 is 39.3 Å². The van der Waals surface area contributed by atoms with Gasteiger partial charge >= 0.3 is 5.97 Å². The molecule has 0 bridgehead atoms. The highest BCUT2D eigenvalue weighted by Gasteiger charge is 2.35. The molecule has 0 aliphatic carbocycles. The Bertz CT molecular complexity index is 1530. The second-order valence-electron chi connectivity index (χ2n) is 7.81. The molecule has 0 amide bonds. The number of halogens is 2. The average molecular weight is 575 g/mol. The molecule has 0 saturated carbocycles. The molecule has 0 spiro atoms. The number of fused-ring (bicyclic) bond motifs is 1. The van der Waals surface area contributed by atoms with E-state index in [0.29, 0.717) is 48.7 Å². The topological polar surface area (TPSA) is 79.1 Å². The Balaban J connectivity index is 1.99. The summed E-state index contributed by atoms with van der Waals surface area (Å²) in [5, 5.41) is 0. The van der Waals surface area contributed by atoms with Crippen LogP contribution in [0.5, 0.6) is 11.5 Å². The maximum Gasteiger partial charge on any atom is 0.338 e. The van der Waals surface area contributed by atoms with Crippen LogP contribution in [0.1, 0.15) is 37.9 Å². The molecule has 1 aliphatic rings. The first kappa shape index (κ1) is 25.8. The van der Waals surface area contributed by atoms with Crippen LogP contribution >= 0.6 is 27.3 Å². The summed E-state index contributed by atoms with van der Waals surface area (Å²) in [5.41, 5.74) is 1.66. The fraction of sp³-hybridized carbons (Fsp3) is 0.269. The van der Waals surface area contributed by atoms with E-state index in [-0.39, 0.29) is 23.6 Å². The second kappa shape index (κ2) is 10.8. The van der Waals surface area contributed by atoms with Crippen LogP contribution in [0, 0.1) is 5.82 Å². The number of hydrogen-bond acceptors (Lipinski definition) is 7. The normalized spacial score (nSPS) is 15.4. The quantitative estimate of drug-likeness (QED) is 0.397. The first-order valence-electron chi connectivity index (χ1n) is 11.2. The van der Waals surface area contributed by atoms with E-state index < -0.39 is 12.0 Å². The molecule has 0 saturated heterocycles. The highest BCUT2D eigenvalue weighted by atomic mass is 79.9. The summed E-state index contributed by atoms with van der Waals surface area (Å²) >= 11 is 4.79. The third kappa shape index (κ3) is 4.87. The summed E-state index contributed by atoms with van der Waals surface area (Å²) < 4.78 is 32.4. The van der Waals surface area contributed by atoms with Crippen LogP contribution in [-0.2, 0) is 9.53 Å². The van der Waals surface area contributed by atoms with E-state index >= 15 is 0 Å². The summed E-state index contributed by atoms with van der Waals surface area (Å²) in [6, 6.07) is 8.52. The standard InChI is InChI=1S/C26H24BrFN2O5S/c1-5-34-20-13-18(27)17(12-19(20)33-4)23-22(25(32)35-6-2)14(3)29-26-30(23)24(31)21(36-26)11-15-7-9-16(28)10-8-15/h7-13,23H,5-6H2,1-4H3/b21-11+/t23-/m1/s1. The molecule has 2 heterocycles.